The molecule has 0 radical (unpaired) electrons. The van der Waals surface area contributed by atoms with E-state index in [1.165, 1.54) is 27.7 Å². The van der Waals surface area contributed by atoms with Crippen LogP contribution >= 0.6 is 0 Å². The Kier molecular flexibility index (Phi) is 25.4. The minimum Gasteiger partial charge on any atom is -0.550 e. The average molecular weight is 582 g/mol. The monoisotopic (exact) mass is 581 g/mol. The molecule has 0 aliphatic heterocycles. The number of rotatable bonds is 14. The van der Waals surface area contributed by atoms with Crippen molar-refractivity contribution in [3.05, 3.63) is 0 Å². The van der Waals surface area contributed by atoms with E-state index in [0.717, 1.165) is 0 Å². The van der Waals surface area contributed by atoms with E-state index in [0.29, 0.717) is 0 Å². The van der Waals surface area contributed by atoms with E-state index in [2.05, 4.69) is 10.6 Å². The van der Waals surface area contributed by atoms with Gasteiger partial charge in [-0.05, 0) is 0 Å². The van der Waals surface area contributed by atoms with E-state index in [9.17, 15) is 44.4 Å². The molecule has 10 N–H and O–H groups in total. The van der Waals surface area contributed by atoms with E-state index in [1.807, 2.05) is 0 Å². The SMILES string of the molecule is CC(C)(CO)[C@@H](O)C(=O)NCCC(=O)[O-].CC(C)(CO)[C@@H](O)C(=O)NCCC(=O)[O-].NC(CO)C(=O)O.[Ca+2]. The van der Waals surface area contributed by atoms with E-state index in [4.69, 9.17) is 26.2 Å². The second-order valence-corrected chi connectivity index (χ2v) is 9.05. The maximum absolute atomic E-state index is 11.2. The molecule has 17 heteroatoms. The molecule has 0 spiro atoms. The number of hydrogen-bond acceptors (Lipinski definition) is 13. The summed E-state index contributed by atoms with van der Waals surface area (Å²) in [6.45, 7) is 4.71. The molecule has 3 atom stereocenters. The second-order valence-electron chi connectivity index (χ2n) is 9.05. The first-order valence-corrected chi connectivity index (χ1v) is 10.9. The minimum absolute atomic E-state index is 0. The Hall–Kier alpha value is -1.63. The molecule has 16 nitrogen and oxygen atoms in total. The maximum atomic E-state index is 11.2. The number of carbonyl (C=O) groups is 5. The largest absolute Gasteiger partial charge is 2.00 e. The predicted octanol–water partition coefficient (Wildman–Crippen LogP) is -6.75. The molecular weight excluding hydrogens is 542 g/mol. The van der Waals surface area contributed by atoms with Gasteiger partial charge in [0.05, 0.1) is 19.8 Å². The molecule has 0 saturated carbocycles. The van der Waals surface area contributed by atoms with Crippen LogP contribution in [0.15, 0.2) is 0 Å². The van der Waals surface area contributed by atoms with Gasteiger partial charge in [-0.15, -0.1) is 0 Å². The fourth-order valence-corrected chi connectivity index (χ4v) is 1.73. The Labute approximate surface area is 250 Å². The smallest absolute Gasteiger partial charge is 0.550 e. The quantitative estimate of drug-likeness (QED) is 0.0861. The molecule has 0 aliphatic rings. The molecule has 0 aliphatic carbocycles. The average Bonchev–Trinajstić information content (AvgIpc) is 2.82. The number of hydrogen-bond donors (Lipinski definition) is 9. The summed E-state index contributed by atoms with van der Waals surface area (Å²) in [4.78, 5) is 52.2. The molecule has 0 bridgehead atoms. The van der Waals surface area contributed by atoms with Gasteiger partial charge >= 0.3 is 43.7 Å². The van der Waals surface area contributed by atoms with Crippen LogP contribution in [0.25, 0.3) is 0 Å². The van der Waals surface area contributed by atoms with Gasteiger partial charge in [0.1, 0.15) is 18.2 Å². The molecular formula is C21H39CaN3O13. The first-order valence-electron chi connectivity index (χ1n) is 10.9. The zero-order valence-corrected chi connectivity index (χ0v) is 24.2. The molecule has 0 aromatic rings. The summed E-state index contributed by atoms with van der Waals surface area (Å²) in [5, 5.41) is 77.2. The summed E-state index contributed by atoms with van der Waals surface area (Å²) >= 11 is 0. The van der Waals surface area contributed by atoms with Crippen molar-refractivity contribution in [2.45, 2.75) is 58.8 Å². The van der Waals surface area contributed by atoms with E-state index in [-0.39, 0.29) is 76.9 Å². The van der Waals surface area contributed by atoms with Crippen molar-refractivity contribution in [3.63, 3.8) is 0 Å². The van der Waals surface area contributed by atoms with Crippen molar-refractivity contribution in [2.75, 3.05) is 32.9 Å². The number of nitrogens with one attached hydrogen (secondary N) is 2. The number of amides is 2. The Morgan fingerprint density at radius 1 is 0.763 bits per heavy atom. The maximum Gasteiger partial charge on any atom is 2.00 e. The van der Waals surface area contributed by atoms with Gasteiger partial charge in [-0.1, -0.05) is 27.7 Å². The fraction of sp³-hybridized carbons (Fsp3) is 0.762. The van der Waals surface area contributed by atoms with E-state index >= 15 is 0 Å². The zero-order chi connectivity index (χ0) is 30.0. The van der Waals surface area contributed by atoms with Gasteiger partial charge in [-0.3, -0.25) is 14.4 Å². The van der Waals surface area contributed by atoms with E-state index in [1.54, 1.807) is 0 Å². The number of nitrogens with two attached hydrogens (primary N) is 1. The van der Waals surface area contributed by atoms with Gasteiger partial charge in [0, 0.05) is 48.7 Å². The van der Waals surface area contributed by atoms with Crippen LogP contribution in [0.2, 0.25) is 0 Å². The van der Waals surface area contributed by atoms with Gasteiger partial charge in [0.25, 0.3) is 0 Å². The second kappa shape index (κ2) is 22.2. The topological polar surface area (TPSA) is 303 Å². The van der Waals surface area contributed by atoms with Crippen molar-refractivity contribution < 1.29 is 64.8 Å². The number of aliphatic carboxylic acids is 3. The van der Waals surface area contributed by atoms with Gasteiger partial charge in [0.15, 0.2) is 0 Å². The van der Waals surface area contributed by atoms with Gasteiger partial charge in [-0.2, -0.15) is 0 Å². The number of carboxylic acid groups (broad SMARTS) is 3. The minimum atomic E-state index is -1.37. The third-order valence-corrected chi connectivity index (χ3v) is 4.56. The van der Waals surface area contributed by atoms with Crippen molar-refractivity contribution in [1.82, 2.24) is 10.6 Å². The number of carbonyl (C=O) groups excluding carboxylic acids is 4. The number of aliphatic hydroxyl groups excluding tert-OH is 5. The molecule has 0 aromatic carbocycles. The first-order chi connectivity index (χ1) is 16.8. The van der Waals surface area contributed by atoms with Crippen LogP contribution in [0, 0.1) is 10.8 Å². The molecule has 2 amide bonds. The molecule has 1 unspecified atom stereocenters. The zero-order valence-electron chi connectivity index (χ0n) is 22.0. The van der Waals surface area contributed by atoms with Crippen molar-refractivity contribution in [1.29, 1.82) is 0 Å². The fourth-order valence-electron chi connectivity index (χ4n) is 1.73. The Bertz CT molecular complexity index is 685. The van der Waals surface area contributed by atoms with Crippen molar-refractivity contribution in [2.24, 2.45) is 16.6 Å². The predicted molar refractivity (Wildman–Crippen MR) is 127 cm³/mol. The summed E-state index contributed by atoms with van der Waals surface area (Å²) in [7, 11) is 0. The third kappa shape index (κ3) is 21.3. The molecule has 38 heavy (non-hydrogen) atoms. The summed E-state index contributed by atoms with van der Waals surface area (Å²) < 4.78 is 0. The molecule has 0 saturated heterocycles. The molecule has 0 fully saturated rings. The van der Waals surface area contributed by atoms with Gasteiger partial charge < -0.3 is 66.8 Å². The van der Waals surface area contributed by atoms with Crippen LogP contribution < -0.4 is 26.6 Å². The molecule has 0 heterocycles. The Morgan fingerprint density at radius 2 is 1.05 bits per heavy atom. The summed E-state index contributed by atoms with van der Waals surface area (Å²) in [5.41, 5.74) is 2.86. The van der Waals surface area contributed by atoms with Crippen molar-refractivity contribution >= 4 is 67.5 Å². The molecule has 0 rings (SSSR count). The van der Waals surface area contributed by atoms with Crippen LogP contribution in [0.5, 0.6) is 0 Å². The number of carboxylic acids is 3. The van der Waals surface area contributed by atoms with Gasteiger partial charge in [0.2, 0.25) is 11.8 Å². The Morgan fingerprint density at radius 3 is 1.21 bits per heavy atom. The van der Waals surface area contributed by atoms with Crippen LogP contribution in [0.1, 0.15) is 40.5 Å². The Balaban J connectivity index is -0.000000240. The summed E-state index contributed by atoms with van der Waals surface area (Å²) in [6, 6.07) is -1.13. The third-order valence-electron chi connectivity index (χ3n) is 4.56. The van der Waals surface area contributed by atoms with E-state index < -0.39 is 65.4 Å². The van der Waals surface area contributed by atoms with Crippen molar-refractivity contribution in [3.8, 4) is 0 Å². The van der Waals surface area contributed by atoms with Crippen LogP contribution in [-0.2, 0) is 24.0 Å². The van der Waals surface area contributed by atoms with Gasteiger partial charge in [-0.25, -0.2) is 0 Å². The molecule has 0 aromatic heterocycles. The first kappa shape index (κ1) is 43.4. The summed E-state index contributed by atoms with van der Waals surface area (Å²) in [5.74, 6) is -5.12. The standard InChI is InChI=1S/2C9H17NO5.C3H7NO3.Ca/c2*1-9(2,5-11)7(14)8(15)10-4-3-6(12)13;4-2(1-5)3(6)7;/h2*7,11,14H,3-5H2,1-2H3,(H,10,15)(H,12,13);2,5H,1,4H2,(H,6,7);/q;;;+2/p-2/t2*7-;;/m00../s1. The normalized spacial score (nSPS) is 13.0. The molecule has 218 valence electrons. The number of aliphatic hydroxyl groups is 5. The van der Waals surface area contributed by atoms with Crippen LogP contribution in [-0.4, -0.2) is 149 Å². The van der Waals surface area contributed by atoms with Crippen LogP contribution in [0.4, 0.5) is 0 Å². The summed E-state index contributed by atoms with van der Waals surface area (Å²) in [6.07, 6.45) is -3.36. The van der Waals surface area contributed by atoms with Crippen LogP contribution in [0.3, 0.4) is 0 Å².